The van der Waals surface area contributed by atoms with Crippen molar-refractivity contribution in [3.05, 3.63) is 58.3 Å². The normalized spacial score (nSPS) is 19.3. The molecule has 174 valence electrons. The Labute approximate surface area is 201 Å². The zero-order valence-corrected chi connectivity index (χ0v) is 20.0. The number of amides is 2. The van der Waals surface area contributed by atoms with Gasteiger partial charge < -0.3 is 5.32 Å². The Balaban J connectivity index is 1.40. The number of anilines is 1. The minimum absolute atomic E-state index is 0.0455. The lowest BCUT2D eigenvalue weighted by Crippen LogP contribution is -2.47. The summed E-state index contributed by atoms with van der Waals surface area (Å²) in [7, 11) is 1.70. The second-order valence-corrected chi connectivity index (χ2v) is 8.95. The van der Waals surface area contributed by atoms with Gasteiger partial charge in [0.05, 0.1) is 22.3 Å². The molecule has 2 amide bonds. The summed E-state index contributed by atoms with van der Waals surface area (Å²) >= 11 is 12.3. The number of allylic oxidation sites excluding steroid dienone is 5. The van der Waals surface area contributed by atoms with Gasteiger partial charge in [-0.1, -0.05) is 35.9 Å². The topological polar surface area (TPSA) is 97.9 Å². The van der Waals surface area contributed by atoms with Gasteiger partial charge in [-0.2, -0.15) is 5.10 Å². The molecule has 9 nitrogen and oxygen atoms in total. The van der Waals surface area contributed by atoms with Gasteiger partial charge in [-0.15, -0.1) is 5.10 Å². The van der Waals surface area contributed by atoms with E-state index in [0.29, 0.717) is 34.5 Å². The first-order valence-corrected chi connectivity index (χ1v) is 11.5. The van der Waals surface area contributed by atoms with Gasteiger partial charge in [-0.25, -0.2) is 14.3 Å². The Kier molecular flexibility index (Phi) is 6.71. The third-order valence-corrected chi connectivity index (χ3v) is 6.49. The van der Waals surface area contributed by atoms with Crippen molar-refractivity contribution in [1.29, 1.82) is 0 Å². The molecule has 0 bridgehead atoms. The van der Waals surface area contributed by atoms with Gasteiger partial charge in [-0.05, 0) is 37.8 Å². The van der Waals surface area contributed by atoms with Gasteiger partial charge >= 0.3 is 0 Å². The maximum Gasteiger partial charge on any atom is 0.291 e. The number of carbonyl (C=O) groups is 2. The van der Waals surface area contributed by atoms with Gasteiger partial charge in [0.15, 0.2) is 0 Å². The molecule has 1 aliphatic heterocycles. The summed E-state index contributed by atoms with van der Waals surface area (Å²) in [6.07, 6.45) is 7.55. The molecule has 0 unspecified atom stereocenters. The van der Waals surface area contributed by atoms with Crippen LogP contribution in [0.4, 0.5) is 5.82 Å². The molecule has 1 saturated carbocycles. The Hall–Kier alpha value is -2.91. The molecule has 3 heterocycles. The predicted molar refractivity (Wildman–Crippen MR) is 126 cm³/mol. The van der Waals surface area contributed by atoms with E-state index in [2.05, 4.69) is 27.1 Å². The van der Waals surface area contributed by atoms with Gasteiger partial charge in [0.2, 0.25) is 5.82 Å². The van der Waals surface area contributed by atoms with Crippen LogP contribution in [0.2, 0.25) is 0 Å². The van der Waals surface area contributed by atoms with Crippen molar-refractivity contribution in [2.24, 2.45) is 0 Å². The van der Waals surface area contributed by atoms with Crippen LogP contribution in [-0.2, 0) is 17.9 Å². The van der Waals surface area contributed by atoms with Crippen LogP contribution < -0.4 is 10.2 Å². The van der Waals surface area contributed by atoms with E-state index < -0.39 is 11.9 Å². The van der Waals surface area contributed by atoms with Crippen LogP contribution in [0.25, 0.3) is 0 Å². The van der Waals surface area contributed by atoms with E-state index in [1.807, 2.05) is 17.7 Å². The van der Waals surface area contributed by atoms with Crippen LogP contribution in [-0.4, -0.2) is 49.4 Å². The molecule has 0 radical (unpaired) electrons. The number of fused-ring (bicyclic) bond motifs is 1. The molecule has 2 aliphatic rings. The van der Waals surface area contributed by atoms with Crippen molar-refractivity contribution in [1.82, 2.24) is 29.9 Å². The third kappa shape index (κ3) is 5.04. The molecule has 0 saturated heterocycles. The molecular formula is C22H25Cl2N7O2. The standard InChI is InChI=1S/C22H25Cl2N7O2/c1-4-5-15(23)19(24)13(2)11-30-12-25-20(28-30)21(32)26-16-8-9-31-18(29(3)22(16)33)10-17(27-31)14-6-7-14/h4-5,10,12,14,16H,2,6-9,11H2,1,3H3,(H,26,32)/b5-4-,19-15-/t16-/m0/s1. The third-order valence-electron chi connectivity index (χ3n) is 5.61. The monoisotopic (exact) mass is 489 g/mol. The molecule has 33 heavy (non-hydrogen) atoms. The lowest BCUT2D eigenvalue weighted by molar-refractivity contribution is -0.120. The molecule has 2 aromatic rings. The summed E-state index contributed by atoms with van der Waals surface area (Å²) in [4.78, 5) is 31.3. The predicted octanol–water partition coefficient (Wildman–Crippen LogP) is 3.34. The fourth-order valence-corrected chi connectivity index (χ4v) is 4.03. The Morgan fingerprint density at radius 1 is 1.30 bits per heavy atom. The molecule has 1 N–H and O–H groups in total. The zero-order valence-electron chi connectivity index (χ0n) is 18.5. The first-order chi connectivity index (χ1) is 15.8. The van der Waals surface area contributed by atoms with Gasteiger partial charge in [0.1, 0.15) is 18.2 Å². The number of nitrogens with zero attached hydrogens (tertiary/aromatic N) is 6. The maximum absolute atomic E-state index is 13.0. The van der Waals surface area contributed by atoms with E-state index in [9.17, 15) is 9.59 Å². The molecule has 0 spiro atoms. The quantitative estimate of drug-likeness (QED) is 0.601. The summed E-state index contributed by atoms with van der Waals surface area (Å²) in [5.74, 6) is 0.479. The van der Waals surface area contributed by atoms with E-state index in [1.54, 1.807) is 24.1 Å². The van der Waals surface area contributed by atoms with Crippen LogP contribution in [0, 0.1) is 0 Å². The Morgan fingerprint density at radius 2 is 2.06 bits per heavy atom. The summed E-state index contributed by atoms with van der Waals surface area (Å²) < 4.78 is 3.28. The number of halogens is 2. The smallest absolute Gasteiger partial charge is 0.291 e. The van der Waals surface area contributed by atoms with Crippen molar-refractivity contribution in [3.63, 3.8) is 0 Å². The van der Waals surface area contributed by atoms with Crippen LogP contribution in [0.3, 0.4) is 0 Å². The lowest BCUT2D eigenvalue weighted by Gasteiger charge is -2.19. The number of hydrogen-bond acceptors (Lipinski definition) is 5. The molecule has 1 fully saturated rings. The molecule has 2 aromatic heterocycles. The minimum Gasteiger partial charge on any atom is -0.337 e. The highest BCUT2D eigenvalue weighted by Crippen LogP contribution is 2.40. The molecular weight excluding hydrogens is 465 g/mol. The van der Waals surface area contributed by atoms with Crippen LogP contribution in [0.15, 0.2) is 46.8 Å². The number of nitrogens with one attached hydrogen (secondary N) is 1. The Bertz CT molecular complexity index is 1160. The van der Waals surface area contributed by atoms with Gasteiger partial charge in [0, 0.05) is 25.6 Å². The van der Waals surface area contributed by atoms with E-state index in [4.69, 9.17) is 23.2 Å². The first-order valence-electron chi connectivity index (χ1n) is 10.7. The molecule has 0 aromatic carbocycles. The fourth-order valence-electron chi connectivity index (χ4n) is 3.65. The number of aryl methyl sites for hydroxylation is 1. The number of aromatic nitrogens is 5. The second kappa shape index (κ2) is 9.52. The van der Waals surface area contributed by atoms with E-state index >= 15 is 0 Å². The first kappa shape index (κ1) is 23.3. The summed E-state index contributed by atoms with van der Waals surface area (Å²) in [5, 5.41) is 12.3. The highest BCUT2D eigenvalue weighted by molar-refractivity contribution is 6.41. The minimum atomic E-state index is -0.701. The van der Waals surface area contributed by atoms with Crippen LogP contribution in [0.1, 0.15) is 48.4 Å². The van der Waals surface area contributed by atoms with Crippen molar-refractivity contribution < 1.29 is 9.59 Å². The van der Waals surface area contributed by atoms with Crippen molar-refractivity contribution >= 4 is 40.8 Å². The Morgan fingerprint density at radius 3 is 2.76 bits per heavy atom. The summed E-state index contributed by atoms with van der Waals surface area (Å²) in [6.45, 7) is 6.48. The highest BCUT2D eigenvalue weighted by Gasteiger charge is 2.34. The molecule has 11 heteroatoms. The average molecular weight is 490 g/mol. The van der Waals surface area contributed by atoms with Crippen molar-refractivity contribution in [2.45, 2.75) is 51.2 Å². The number of carbonyl (C=O) groups excluding carboxylic acids is 2. The van der Waals surface area contributed by atoms with Gasteiger partial charge in [-0.3, -0.25) is 14.5 Å². The fraction of sp³-hybridized carbons (Fsp3) is 0.409. The van der Waals surface area contributed by atoms with E-state index in [1.165, 1.54) is 11.0 Å². The van der Waals surface area contributed by atoms with Crippen molar-refractivity contribution in [2.75, 3.05) is 11.9 Å². The van der Waals surface area contributed by atoms with E-state index in [0.717, 1.165) is 24.4 Å². The lowest BCUT2D eigenvalue weighted by atomic mass is 10.2. The number of likely N-dealkylation sites (N-methyl/N-ethyl adjacent to an activating group) is 1. The largest absolute Gasteiger partial charge is 0.337 e. The second-order valence-electron chi connectivity index (χ2n) is 8.17. The van der Waals surface area contributed by atoms with Gasteiger partial charge in [0.25, 0.3) is 11.8 Å². The number of hydrogen-bond donors (Lipinski definition) is 1. The molecule has 4 rings (SSSR count). The zero-order chi connectivity index (χ0) is 23.7. The molecule has 1 atom stereocenters. The van der Waals surface area contributed by atoms with Crippen LogP contribution in [0.5, 0.6) is 0 Å². The van der Waals surface area contributed by atoms with E-state index in [-0.39, 0.29) is 18.3 Å². The summed E-state index contributed by atoms with van der Waals surface area (Å²) in [6, 6.07) is 1.27. The van der Waals surface area contributed by atoms with Crippen LogP contribution >= 0.6 is 23.2 Å². The van der Waals surface area contributed by atoms with Crippen molar-refractivity contribution in [3.8, 4) is 0 Å². The molecule has 1 aliphatic carbocycles. The maximum atomic E-state index is 13.0. The highest BCUT2D eigenvalue weighted by atomic mass is 35.5. The SMILES string of the molecule is C=C(Cn1cnc(C(=O)N[C@H]2CCn3nc(C4CC4)cc3N(C)C2=O)n1)/C(Cl)=C(Cl)\C=C/C. The average Bonchev–Trinajstić information content (AvgIpc) is 3.41. The summed E-state index contributed by atoms with van der Waals surface area (Å²) in [5.41, 5.74) is 1.56. The number of rotatable bonds is 7.